The fraction of sp³-hybridized carbons (Fsp3) is 0.333. The lowest BCUT2D eigenvalue weighted by atomic mass is 10.2. The first-order valence-electron chi connectivity index (χ1n) is 5.35. The van der Waals surface area contributed by atoms with Gasteiger partial charge in [0.05, 0.1) is 6.61 Å². The Bertz CT molecular complexity index is 365. The fourth-order valence-electron chi connectivity index (χ4n) is 1.17. The predicted octanol–water partition coefficient (Wildman–Crippen LogP) is 0.179. The van der Waals surface area contributed by atoms with Gasteiger partial charge in [-0.15, -0.1) is 0 Å². The SMILES string of the molecule is CNC(=O)COCCNC(=O)c1ccccc1. The predicted molar refractivity (Wildman–Crippen MR) is 63.7 cm³/mol. The average Bonchev–Trinajstić information content (AvgIpc) is 2.38. The van der Waals surface area contributed by atoms with Crippen LogP contribution in [0.25, 0.3) is 0 Å². The first kappa shape index (κ1) is 13.2. The second-order valence-corrected chi connectivity index (χ2v) is 3.35. The Morgan fingerprint density at radius 1 is 1.24 bits per heavy atom. The molecule has 1 aromatic rings. The van der Waals surface area contributed by atoms with Crippen LogP contribution in [0, 0.1) is 0 Å². The van der Waals surface area contributed by atoms with E-state index >= 15 is 0 Å². The number of rotatable bonds is 6. The van der Waals surface area contributed by atoms with Gasteiger partial charge >= 0.3 is 0 Å². The zero-order valence-corrected chi connectivity index (χ0v) is 9.73. The summed E-state index contributed by atoms with van der Waals surface area (Å²) in [6, 6.07) is 8.93. The molecule has 0 saturated heterocycles. The summed E-state index contributed by atoms with van der Waals surface area (Å²) in [6.07, 6.45) is 0. The Morgan fingerprint density at radius 2 is 1.94 bits per heavy atom. The number of carbonyl (C=O) groups excluding carboxylic acids is 2. The maximum Gasteiger partial charge on any atom is 0.251 e. The molecule has 17 heavy (non-hydrogen) atoms. The minimum atomic E-state index is -0.181. The van der Waals surface area contributed by atoms with Crippen LogP contribution in [-0.2, 0) is 9.53 Å². The molecule has 0 aromatic heterocycles. The molecule has 0 spiro atoms. The van der Waals surface area contributed by atoms with Crippen molar-refractivity contribution in [2.75, 3.05) is 26.8 Å². The zero-order chi connectivity index (χ0) is 12.5. The molecular weight excluding hydrogens is 220 g/mol. The fourth-order valence-corrected chi connectivity index (χ4v) is 1.17. The minimum absolute atomic E-state index is 0.0116. The second kappa shape index (κ2) is 7.40. The van der Waals surface area contributed by atoms with Gasteiger partial charge in [-0.05, 0) is 12.1 Å². The van der Waals surface area contributed by atoms with E-state index in [0.29, 0.717) is 18.7 Å². The zero-order valence-electron chi connectivity index (χ0n) is 9.73. The summed E-state index contributed by atoms with van der Waals surface area (Å²) in [4.78, 5) is 22.4. The lowest BCUT2D eigenvalue weighted by Gasteiger charge is -2.05. The molecule has 0 atom stereocenters. The first-order valence-corrected chi connectivity index (χ1v) is 5.35. The van der Waals surface area contributed by atoms with Crippen LogP contribution < -0.4 is 10.6 Å². The van der Waals surface area contributed by atoms with Crippen molar-refractivity contribution in [1.29, 1.82) is 0 Å². The molecule has 0 aliphatic heterocycles. The maximum atomic E-state index is 11.6. The lowest BCUT2D eigenvalue weighted by Crippen LogP contribution is -2.29. The second-order valence-electron chi connectivity index (χ2n) is 3.35. The molecular formula is C12H16N2O3. The van der Waals surface area contributed by atoms with Gasteiger partial charge in [0.2, 0.25) is 5.91 Å². The van der Waals surface area contributed by atoms with Crippen molar-refractivity contribution in [3.63, 3.8) is 0 Å². The van der Waals surface area contributed by atoms with Gasteiger partial charge in [0.25, 0.3) is 5.91 Å². The molecule has 0 fully saturated rings. The number of carbonyl (C=O) groups is 2. The van der Waals surface area contributed by atoms with Gasteiger partial charge in [-0.3, -0.25) is 9.59 Å². The van der Waals surface area contributed by atoms with Crippen LogP contribution in [0.15, 0.2) is 30.3 Å². The third kappa shape index (κ3) is 5.12. The largest absolute Gasteiger partial charge is 0.370 e. The lowest BCUT2D eigenvalue weighted by molar-refractivity contribution is -0.125. The Labute approximate surface area is 100 Å². The summed E-state index contributed by atoms with van der Waals surface area (Å²) >= 11 is 0. The van der Waals surface area contributed by atoms with E-state index in [9.17, 15) is 9.59 Å². The molecule has 0 radical (unpaired) electrons. The summed E-state index contributed by atoms with van der Waals surface area (Å²) in [6.45, 7) is 0.703. The molecule has 0 unspecified atom stereocenters. The van der Waals surface area contributed by atoms with Crippen LogP contribution in [0.2, 0.25) is 0 Å². The highest BCUT2D eigenvalue weighted by Gasteiger charge is 2.03. The van der Waals surface area contributed by atoms with Crippen molar-refractivity contribution in [2.24, 2.45) is 0 Å². The summed E-state index contributed by atoms with van der Waals surface area (Å²) < 4.78 is 5.05. The third-order valence-corrected chi connectivity index (χ3v) is 2.08. The van der Waals surface area contributed by atoms with Crippen LogP contribution in [0.3, 0.4) is 0 Å². The van der Waals surface area contributed by atoms with E-state index in [0.717, 1.165) is 0 Å². The van der Waals surface area contributed by atoms with E-state index in [1.807, 2.05) is 6.07 Å². The number of nitrogens with one attached hydrogen (secondary N) is 2. The van der Waals surface area contributed by atoms with Crippen molar-refractivity contribution < 1.29 is 14.3 Å². The number of ether oxygens (including phenoxy) is 1. The van der Waals surface area contributed by atoms with Crippen molar-refractivity contribution in [1.82, 2.24) is 10.6 Å². The summed E-state index contributed by atoms with van der Waals surface area (Å²) in [5.41, 5.74) is 0.610. The van der Waals surface area contributed by atoms with Gasteiger partial charge in [-0.2, -0.15) is 0 Å². The molecule has 0 aliphatic rings. The Morgan fingerprint density at radius 3 is 2.59 bits per heavy atom. The topological polar surface area (TPSA) is 67.4 Å². The van der Waals surface area contributed by atoms with Gasteiger partial charge in [-0.1, -0.05) is 18.2 Å². The van der Waals surface area contributed by atoms with E-state index < -0.39 is 0 Å². The van der Waals surface area contributed by atoms with E-state index in [2.05, 4.69) is 10.6 Å². The van der Waals surface area contributed by atoms with E-state index in [4.69, 9.17) is 4.74 Å². The standard InChI is InChI=1S/C12H16N2O3/c1-13-11(15)9-17-8-7-14-12(16)10-5-3-2-4-6-10/h2-6H,7-9H2,1H3,(H,13,15)(H,14,16). The van der Waals surface area contributed by atoms with Gasteiger partial charge in [0.1, 0.15) is 6.61 Å². The highest BCUT2D eigenvalue weighted by Crippen LogP contribution is 1.97. The van der Waals surface area contributed by atoms with Crippen molar-refractivity contribution >= 4 is 11.8 Å². The van der Waals surface area contributed by atoms with E-state index in [1.165, 1.54) is 0 Å². The van der Waals surface area contributed by atoms with E-state index in [1.54, 1.807) is 31.3 Å². The summed E-state index contributed by atoms with van der Waals surface area (Å²) in [5, 5.41) is 5.13. The molecule has 1 aromatic carbocycles. The summed E-state index contributed by atoms with van der Waals surface area (Å²) in [5.74, 6) is -0.325. The molecule has 1 rings (SSSR count). The summed E-state index contributed by atoms with van der Waals surface area (Å²) in [7, 11) is 1.54. The van der Waals surface area contributed by atoms with Crippen LogP contribution >= 0.6 is 0 Å². The number of likely N-dealkylation sites (N-methyl/N-ethyl adjacent to an activating group) is 1. The van der Waals surface area contributed by atoms with Gasteiger partial charge in [0.15, 0.2) is 0 Å². The van der Waals surface area contributed by atoms with Crippen LogP contribution in [-0.4, -0.2) is 38.6 Å². The maximum absolute atomic E-state index is 11.6. The highest BCUT2D eigenvalue weighted by atomic mass is 16.5. The van der Waals surface area contributed by atoms with Crippen LogP contribution in [0.4, 0.5) is 0 Å². The third-order valence-electron chi connectivity index (χ3n) is 2.08. The number of hydrogen-bond acceptors (Lipinski definition) is 3. The van der Waals surface area contributed by atoms with Gasteiger partial charge in [-0.25, -0.2) is 0 Å². The Hall–Kier alpha value is -1.88. The molecule has 0 heterocycles. The molecule has 2 N–H and O–H groups in total. The number of hydrogen-bond donors (Lipinski definition) is 2. The minimum Gasteiger partial charge on any atom is -0.370 e. The van der Waals surface area contributed by atoms with E-state index in [-0.39, 0.29) is 18.4 Å². The molecule has 5 heteroatoms. The Balaban J connectivity index is 2.15. The van der Waals surface area contributed by atoms with Gasteiger partial charge < -0.3 is 15.4 Å². The normalized spacial score (nSPS) is 9.71. The van der Waals surface area contributed by atoms with Crippen molar-refractivity contribution in [3.05, 3.63) is 35.9 Å². The van der Waals surface area contributed by atoms with Crippen molar-refractivity contribution in [2.45, 2.75) is 0 Å². The molecule has 0 aliphatic carbocycles. The van der Waals surface area contributed by atoms with Gasteiger partial charge in [0, 0.05) is 19.2 Å². The monoisotopic (exact) mass is 236 g/mol. The molecule has 0 bridgehead atoms. The number of benzene rings is 1. The molecule has 5 nitrogen and oxygen atoms in total. The quantitative estimate of drug-likeness (QED) is 0.692. The Kier molecular flexibility index (Phi) is 5.74. The molecule has 92 valence electrons. The first-order chi connectivity index (χ1) is 8.24. The number of amides is 2. The highest BCUT2D eigenvalue weighted by molar-refractivity contribution is 5.94. The smallest absolute Gasteiger partial charge is 0.251 e. The average molecular weight is 236 g/mol. The van der Waals surface area contributed by atoms with Crippen molar-refractivity contribution in [3.8, 4) is 0 Å². The van der Waals surface area contributed by atoms with Crippen LogP contribution in [0.5, 0.6) is 0 Å². The molecule has 0 saturated carbocycles. The van der Waals surface area contributed by atoms with Crippen LogP contribution in [0.1, 0.15) is 10.4 Å². The molecule has 2 amide bonds.